The van der Waals surface area contributed by atoms with Gasteiger partial charge in [-0.15, -0.1) is 23.1 Å². The van der Waals surface area contributed by atoms with Crippen molar-refractivity contribution in [2.24, 2.45) is 0 Å². The van der Waals surface area contributed by atoms with E-state index in [1.807, 2.05) is 48.7 Å². The Balaban J connectivity index is 0.000000469. The van der Waals surface area contributed by atoms with Crippen molar-refractivity contribution in [3.8, 4) is 0 Å². The third-order valence-corrected chi connectivity index (χ3v) is 27.0. The average molecular weight is 1290 g/mol. The van der Waals surface area contributed by atoms with Gasteiger partial charge in [-0.3, -0.25) is 0 Å². The second kappa shape index (κ2) is 33.0. The Morgan fingerprint density at radius 1 is 0.385 bits per heavy atom. The van der Waals surface area contributed by atoms with Crippen molar-refractivity contribution in [2.75, 3.05) is 6.26 Å². The van der Waals surface area contributed by atoms with E-state index in [0.29, 0.717) is 24.0 Å². The van der Waals surface area contributed by atoms with Gasteiger partial charge in [-0.2, -0.15) is 0 Å². The van der Waals surface area contributed by atoms with Crippen LogP contribution < -0.4 is 0 Å². The minimum Gasteiger partial charge on any atom is -0.228 e. The fraction of sp³-hybridized carbons (Fsp3) is 0.382. The van der Waals surface area contributed by atoms with Crippen molar-refractivity contribution in [1.29, 1.82) is 0 Å². The van der Waals surface area contributed by atoms with E-state index in [2.05, 4.69) is 0 Å². The van der Waals surface area contributed by atoms with E-state index in [0.717, 1.165) is 16.0 Å². The normalized spacial score (nSPS) is 12.0. The van der Waals surface area contributed by atoms with Crippen molar-refractivity contribution in [1.82, 2.24) is 0 Å². The number of thiophene rings is 1. The molecular formula is C55H73Cl3O12S8. The molecule has 0 fully saturated rings. The fourth-order valence-electron chi connectivity index (χ4n) is 5.47. The van der Waals surface area contributed by atoms with Crippen LogP contribution in [0.2, 0.25) is 15.1 Å². The summed E-state index contributed by atoms with van der Waals surface area (Å²) in [6, 6.07) is 39.2. The first-order chi connectivity index (χ1) is 35.9. The maximum Gasteiger partial charge on any atom is 0.190 e. The second-order valence-corrected chi connectivity index (χ2v) is 37.1. The quantitative estimate of drug-likeness (QED) is 0.0879. The van der Waals surface area contributed by atoms with Crippen molar-refractivity contribution < 1.29 is 50.5 Å². The van der Waals surface area contributed by atoms with Crippen molar-refractivity contribution in [3.05, 3.63) is 171 Å². The van der Waals surface area contributed by atoms with Gasteiger partial charge in [0.15, 0.2) is 59.0 Å². The van der Waals surface area contributed by atoms with E-state index >= 15 is 0 Å². The molecule has 0 radical (unpaired) electrons. The molecule has 0 aliphatic carbocycles. The number of benzene rings is 5. The van der Waals surface area contributed by atoms with Crippen LogP contribution in [0.4, 0.5) is 0 Å². The van der Waals surface area contributed by atoms with Crippen molar-refractivity contribution >= 4 is 117 Å². The zero-order valence-corrected chi connectivity index (χ0v) is 54.8. The molecule has 0 bridgehead atoms. The Morgan fingerprint density at radius 3 is 1.09 bits per heavy atom. The lowest BCUT2D eigenvalue weighted by molar-refractivity contribution is 0.585. The third-order valence-electron chi connectivity index (χ3n) is 10.9. The highest BCUT2D eigenvalue weighted by atomic mass is 35.5. The first kappa shape index (κ1) is 72.7. The highest BCUT2D eigenvalue weighted by molar-refractivity contribution is 7.98. The summed E-state index contributed by atoms with van der Waals surface area (Å²) in [7, 11) is -18.5. The molecule has 5 aromatic carbocycles. The van der Waals surface area contributed by atoms with Gasteiger partial charge in [-0.05, 0) is 185 Å². The van der Waals surface area contributed by atoms with Crippen molar-refractivity contribution in [3.63, 3.8) is 0 Å². The van der Waals surface area contributed by atoms with Gasteiger partial charge in [0.2, 0.25) is 0 Å². The molecule has 12 nitrogen and oxygen atoms in total. The van der Waals surface area contributed by atoms with Crippen LogP contribution in [0.25, 0.3) is 0 Å². The topological polar surface area (TPSA) is 205 Å². The van der Waals surface area contributed by atoms with Crippen LogP contribution in [-0.4, -0.2) is 88.3 Å². The summed E-state index contributed by atoms with van der Waals surface area (Å²) in [5.74, 6) is 0.230. The van der Waals surface area contributed by atoms with E-state index in [4.69, 9.17) is 34.8 Å². The van der Waals surface area contributed by atoms with Crippen molar-refractivity contribution in [2.45, 2.75) is 150 Å². The van der Waals surface area contributed by atoms with Crippen LogP contribution in [0.3, 0.4) is 0 Å². The Kier molecular flexibility index (Phi) is 30.8. The lowest BCUT2D eigenvalue weighted by Crippen LogP contribution is -2.15. The van der Waals surface area contributed by atoms with E-state index in [-0.39, 0.29) is 42.4 Å². The van der Waals surface area contributed by atoms with E-state index in [1.165, 1.54) is 29.5 Å². The van der Waals surface area contributed by atoms with Crippen LogP contribution in [0, 0.1) is 0 Å². The molecule has 0 atom stereocenters. The van der Waals surface area contributed by atoms with Crippen LogP contribution in [0.1, 0.15) is 94.2 Å². The first-order valence-corrected chi connectivity index (χ1v) is 37.1. The monoisotopic (exact) mass is 1290 g/mol. The van der Waals surface area contributed by atoms with Gasteiger partial charge in [0.05, 0.1) is 62.7 Å². The van der Waals surface area contributed by atoms with Gasteiger partial charge in [0.1, 0.15) is 4.21 Å². The molecule has 0 amide bonds. The maximum atomic E-state index is 11.7. The lowest BCUT2D eigenvalue weighted by atomic mass is 10.2. The number of sulfone groups is 6. The summed E-state index contributed by atoms with van der Waals surface area (Å²) in [5, 5.41) is 1.08. The van der Waals surface area contributed by atoms with Crippen LogP contribution in [0.5, 0.6) is 0 Å². The molecule has 1 heterocycles. The Morgan fingerprint density at radius 2 is 0.744 bits per heavy atom. The Bertz CT molecular complexity index is 3420. The predicted octanol–water partition coefficient (Wildman–Crippen LogP) is 14.2. The molecule has 0 saturated heterocycles. The average Bonchev–Trinajstić information content (AvgIpc) is 3.93. The molecule has 6 aromatic rings. The number of thioether (sulfide) groups is 1. The molecule has 0 saturated carbocycles. The number of halogens is 3. The summed E-state index contributed by atoms with van der Waals surface area (Å²) < 4.78 is 139. The molecule has 1 aromatic heterocycles. The highest BCUT2D eigenvalue weighted by Gasteiger charge is 2.23. The van der Waals surface area contributed by atoms with Gasteiger partial charge in [-0.25, -0.2) is 50.5 Å². The van der Waals surface area contributed by atoms with Gasteiger partial charge >= 0.3 is 0 Å². The van der Waals surface area contributed by atoms with E-state index < -0.39 is 69.5 Å². The van der Waals surface area contributed by atoms with Crippen LogP contribution >= 0.6 is 57.9 Å². The Labute approximate surface area is 490 Å². The first-order valence-electron chi connectivity index (χ1n) is 24.2. The minimum atomic E-state index is -3.24. The summed E-state index contributed by atoms with van der Waals surface area (Å²) in [6.07, 6.45) is 1.96. The lowest BCUT2D eigenvalue weighted by Gasteiger charge is -2.08. The molecule has 0 aliphatic rings. The van der Waals surface area contributed by atoms with Gasteiger partial charge in [-0.1, -0.05) is 95.5 Å². The number of rotatable bonds is 15. The molecule has 23 heteroatoms. The number of hydrogen-bond acceptors (Lipinski definition) is 14. The van der Waals surface area contributed by atoms with Gasteiger partial charge in [0, 0.05) is 14.9 Å². The Hall–Kier alpha value is -3.28. The standard InChI is InChI=1S/C10H13ClO2S.C10H14O2S2.C10H14O2S.2C9H11ClO2S.C7H10O2S2/c1-8(2)14(12,13)7-9-3-5-10(11)6-4-9;1-8(2)14(11,12)10-6-4-9(13-3)5-7-10;1-9(2)13(11,12)8-10-6-4-3-5-7-10;1-7(2)13(11,12)9-5-3-8(10)4-6-9;1-7(2)13(11,12)9-6-4-3-5-8(9)10;1-6(2)11(8,9)7-4-3-5-10-7/h3-6,8H,7H2,1-2H3;4-8H,1-3H3;3-7,9H,8H2,1-2H3;2*3-7H,1-2H3;3-6H,1-2H3. The van der Waals surface area contributed by atoms with Gasteiger partial charge < -0.3 is 0 Å². The summed E-state index contributed by atoms with van der Waals surface area (Å²) in [6.45, 7) is 20.1. The van der Waals surface area contributed by atoms with Crippen LogP contribution in [0.15, 0.2) is 169 Å². The van der Waals surface area contributed by atoms with Gasteiger partial charge in [0.25, 0.3) is 0 Å². The largest absolute Gasteiger partial charge is 0.228 e. The highest BCUT2D eigenvalue weighted by Crippen LogP contribution is 2.25. The zero-order valence-electron chi connectivity index (χ0n) is 46.0. The molecule has 6 rings (SSSR count). The van der Waals surface area contributed by atoms with E-state index in [1.54, 1.807) is 179 Å². The second-order valence-electron chi connectivity index (χ2n) is 18.7. The molecule has 0 spiro atoms. The zero-order chi connectivity index (χ0) is 60.0. The molecule has 0 N–H and O–H groups in total. The SMILES string of the molecule is CC(C)S(=O)(=O)Cc1ccc(Cl)cc1.CC(C)S(=O)(=O)Cc1ccccc1.CC(C)S(=O)(=O)c1ccc(Cl)cc1.CC(C)S(=O)(=O)c1ccccc1Cl.CC(C)S(=O)(=O)c1cccs1.CSc1ccc(S(=O)(=O)C(C)C)cc1. The van der Waals surface area contributed by atoms with Crippen LogP contribution in [-0.2, 0) is 70.5 Å². The number of hydrogen-bond donors (Lipinski definition) is 0. The van der Waals surface area contributed by atoms with E-state index in [9.17, 15) is 50.5 Å². The minimum absolute atomic E-state index is 0.0852. The smallest absolute Gasteiger partial charge is 0.190 e. The molecule has 434 valence electrons. The summed E-state index contributed by atoms with van der Waals surface area (Å²) in [5.41, 5.74) is 1.64. The maximum absolute atomic E-state index is 11.7. The predicted molar refractivity (Wildman–Crippen MR) is 328 cm³/mol. The third kappa shape index (κ3) is 24.0. The molecular weight excluding hydrogens is 1220 g/mol. The molecule has 78 heavy (non-hydrogen) atoms. The fourth-order valence-corrected chi connectivity index (χ4v) is 14.3. The summed E-state index contributed by atoms with van der Waals surface area (Å²) >= 11 is 20.0. The molecule has 0 aliphatic heterocycles. The molecule has 0 unspecified atom stereocenters. The summed E-state index contributed by atoms with van der Waals surface area (Å²) in [4.78, 5) is 2.02.